The summed E-state index contributed by atoms with van der Waals surface area (Å²) in [7, 11) is 0. The highest BCUT2D eigenvalue weighted by atomic mass is 32.2. The molecular formula is C14H24N2O3S. The maximum absolute atomic E-state index is 12.3. The van der Waals surface area contributed by atoms with Gasteiger partial charge < -0.3 is 15.0 Å². The predicted molar refractivity (Wildman–Crippen MR) is 79.7 cm³/mol. The van der Waals surface area contributed by atoms with E-state index in [1.54, 1.807) is 23.6 Å². The van der Waals surface area contributed by atoms with Crippen molar-refractivity contribution in [2.75, 3.05) is 32.0 Å². The molecule has 0 bridgehead atoms. The summed E-state index contributed by atoms with van der Waals surface area (Å²) < 4.78 is 4.95. The van der Waals surface area contributed by atoms with E-state index in [2.05, 4.69) is 5.32 Å². The van der Waals surface area contributed by atoms with Gasteiger partial charge in [0.05, 0.1) is 12.4 Å². The molecule has 2 fully saturated rings. The van der Waals surface area contributed by atoms with Gasteiger partial charge in [-0.05, 0) is 45.7 Å². The Morgan fingerprint density at radius 2 is 1.95 bits per heavy atom. The fourth-order valence-corrected chi connectivity index (χ4v) is 3.50. The molecule has 0 aromatic rings. The largest absolute Gasteiger partial charge is 0.465 e. The maximum atomic E-state index is 12.3. The number of thioether (sulfide) groups is 1. The van der Waals surface area contributed by atoms with Crippen molar-refractivity contribution in [1.82, 2.24) is 10.2 Å². The summed E-state index contributed by atoms with van der Waals surface area (Å²) >= 11 is 1.74. The first-order valence-electron chi connectivity index (χ1n) is 7.48. The first-order valence-corrected chi connectivity index (χ1v) is 8.53. The molecular weight excluding hydrogens is 276 g/mol. The van der Waals surface area contributed by atoms with E-state index in [0.717, 1.165) is 38.8 Å². The Labute approximate surface area is 124 Å². The van der Waals surface area contributed by atoms with Crippen molar-refractivity contribution in [3.05, 3.63) is 0 Å². The van der Waals surface area contributed by atoms with Gasteiger partial charge in [0.2, 0.25) is 5.91 Å². The summed E-state index contributed by atoms with van der Waals surface area (Å²) in [5, 5.41) is 3.90. The SMILES string of the molecule is CCOC(=O)CN(C(=O)CSC1CCNCC1)C1CC1. The van der Waals surface area contributed by atoms with Crippen LogP contribution in [0, 0.1) is 0 Å². The molecule has 20 heavy (non-hydrogen) atoms. The number of nitrogens with one attached hydrogen (secondary N) is 1. The molecule has 6 heteroatoms. The lowest BCUT2D eigenvalue weighted by Gasteiger charge is -2.25. The van der Waals surface area contributed by atoms with Crippen LogP contribution >= 0.6 is 11.8 Å². The van der Waals surface area contributed by atoms with E-state index in [1.165, 1.54) is 0 Å². The number of piperidine rings is 1. The first-order chi connectivity index (χ1) is 9.70. The van der Waals surface area contributed by atoms with Crippen molar-refractivity contribution in [2.24, 2.45) is 0 Å². The van der Waals surface area contributed by atoms with Gasteiger partial charge in [-0.3, -0.25) is 9.59 Å². The van der Waals surface area contributed by atoms with Crippen LogP contribution in [-0.2, 0) is 14.3 Å². The lowest BCUT2D eigenvalue weighted by Crippen LogP contribution is -2.40. The standard InChI is InChI=1S/C14H24N2O3S/c1-2-19-14(18)9-16(11-3-4-11)13(17)10-20-12-5-7-15-8-6-12/h11-12,15H,2-10H2,1H3. The normalized spacial score (nSPS) is 19.6. The number of amides is 1. The van der Waals surface area contributed by atoms with E-state index in [9.17, 15) is 9.59 Å². The van der Waals surface area contributed by atoms with Gasteiger partial charge in [0.1, 0.15) is 6.54 Å². The van der Waals surface area contributed by atoms with Crippen LogP contribution in [0.15, 0.2) is 0 Å². The predicted octanol–water partition coefficient (Wildman–Crippen LogP) is 1.03. The highest BCUT2D eigenvalue weighted by Crippen LogP contribution is 2.28. The number of ether oxygens (including phenoxy) is 1. The Hall–Kier alpha value is -0.750. The quantitative estimate of drug-likeness (QED) is 0.712. The van der Waals surface area contributed by atoms with Crippen molar-refractivity contribution in [3.8, 4) is 0 Å². The smallest absolute Gasteiger partial charge is 0.325 e. The second-order valence-corrected chi connectivity index (χ2v) is 6.61. The molecule has 0 aromatic heterocycles. The molecule has 5 nitrogen and oxygen atoms in total. The monoisotopic (exact) mass is 300 g/mol. The van der Waals surface area contributed by atoms with Crippen molar-refractivity contribution in [1.29, 1.82) is 0 Å². The molecule has 0 atom stereocenters. The van der Waals surface area contributed by atoms with E-state index in [1.807, 2.05) is 0 Å². The molecule has 1 saturated heterocycles. The zero-order valence-corrected chi connectivity index (χ0v) is 12.9. The number of hydrogen-bond acceptors (Lipinski definition) is 5. The molecule has 1 aliphatic heterocycles. The Morgan fingerprint density at radius 3 is 2.55 bits per heavy atom. The second kappa shape index (κ2) is 7.88. The summed E-state index contributed by atoms with van der Waals surface area (Å²) in [5.41, 5.74) is 0. The summed E-state index contributed by atoms with van der Waals surface area (Å²) in [5.74, 6) is 0.282. The summed E-state index contributed by atoms with van der Waals surface area (Å²) in [6, 6.07) is 0.264. The molecule has 1 saturated carbocycles. The first kappa shape index (κ1) is 15.6. The molecule has 1 N–H and O–H groups in total. The van der Waals surface area contributed by atoms with E-state index in [0.29, 0.717) is 17.6 Å². The van der Waals surface area contributed by atoms with E-state index in [4.69, 9.17) is 4.74 Å². The van der Waals surface area contributed by atoms with Gasteiger partial charge in [0, 0.05) is 11.3 Å². The Morgan fingerprint density at radius 1 is 1.25 bits per heavy atom. The molecule has 0 spiro atoms. The Bertz CT molecular complexity index is 341. The fraction of sp³-hybridized carbons (Fsp3) is 0.857. The van der Waals surface area contributed by atoms with Crippen LogP contribution < -0.4 is 5.32 Å². The van der Waals surface area contributed by atoms with Crippen molar-refractivity contribution >= 4 is 23.6 Å². The average Bonchev–Trinajstić information content (AvgIpc) is 3.28. The number of esters is 1. The van der Waals surface area contributed by atoms with E-state index < -0.39 is 0 Å². The van der Waals surface area contributed by atoms with Crippen LogP contribution in [0.2, 0.25) is 0 Å². The Kier molecular flexibility index (Phi) is 6.16. The zero-order chi connectivity index (χ0) is 14.4. The van der Waals surface area contributed by atoms with Gasteiger partial charge in [-0.2, -0.15) is 0 Å². The van der Waals surface area contributed by atoms with Gasteiger partial charge >= 0.3 is 5.97 Å². The van der Waals surface area contributed by atoms with Gasteiger partial charge in [-0.15, -0.1) is 11.8 Å². The minimum Gasteiger partial charge on any atom is -0.465 e. The molecule has 1 heterocycles. The van der Waals surface area contributed by atoms with Gasteiger partial charge in [-0.1, -0.05) is 0 Å². The summed E-state index contributed by atoms with van der Waals surface area (Å²) in [6.45, 7) is 4.36. The van der Waals surface area contributed by atoms with Crippen LogP contribution in [0.5, 0.6) is 0 Å². The van der Waals surface area contributed by atoms with Crippen LogP contribution in [0.4, 0.5) is 0 Å². The minimum absolute atomic E-state index is 0.0871. The van der Waals surface area contributed by atoms with Crippen LogP contribution in [0.3, 0.4) is 0 Å². The number of carbonyl (C=O) groups excluding carboxylic acids is 2. The average molecular weight is 300 g/mol. The van der Waals surface area contributed by atoms with E-state index >= 15 is 0 Å². The molecule has 2 aliphatic rings. The summed E-state index contributed by atoms with van der Waals surface area (Å²) in [6.07, 6.45) is 4.28. The fourth-order valence-electron chi connectivity index (χ4n) is 2.39. The Balaban J connectivity index is 1.76. The number of carbonyl (C=O) groups is 2. The topological polar surface area (TPSA) is 58.6 Å². The maximum Gasteiger partial charge on any atom is 0.325 e. The molecule has 0 unspecified atom stereocenters. The van der Waals surface area contributed by atoms with Crippen LogP contribution in [0.25, 0.3) is 0 Å². The summed E-state index contributed by atoms with van der Waals surface area (Å²) in [4.78, 5) is 25.6. The highest BCUT2D eigenvalue weighted by Gasteiger charge is 2.34. The third kappa shape index (κ3) is 4.98. The molecule has 1 aliphatic carbocycles. The van der Waals surface area contributed by atoms with Crippen molar-refractivity contribution in [2.45, 2.75) is 43.9 Å². The molecule has 0 radical (unpaired) electrons. The second-order valence-electron chi connectivity index (χ2n) is 5.32. The zero-order valence-electron chi connectivity index (χ0n) is 12.1. The molecule has 2 rings (SSSR count). The minimum atomic E-state index is -0.292. The highest BCUT2D eigenvalue weighted by molar-refractivity contribution is 8.00. The van der Waals surface area contributed by atoms with Crippen molar-refractivity contribution in [3.63, 3.8) is 0 Å². The molecule has 114 valence electrons. The number of rotatable bonds is 7. The third-order valence-corrected chi connectivity index (χ3v) is 5.00. The van der Waals surface area contributed by atoms with Gasteiger partial charge in [0.25, 0.3) is 0 Å². The van der Waals surface area contributed by atoms with Crippen LogP contribution in [0.1, 0.15) is 32.6 Å². The number of nitrogens with zero attached hydrogens (tertiary/aromatic N) is 1. The van der Waals surface area contributed by atoms with Gasteiger partial charge in [0.15, 0.2) is 0 Å². The van der Waals surface area contributed by atoms with Crippen molar-refractivity contribution < 1.29 is 14.3 Å². The lowest BCUT2D eigenvalue weighted by atomic mass is 10.2. The van der Waals surface area contributed by atoms with Crippen LogP contribution in [-0.4, -0.2) is 60.1 Å². The molecule has 0 aromatic carbocycles. The lowest BCUT2D eigenvalue weighted by molar-refractivity contribution is -0.148. The third-order valence-electron chi connectivity index (χ3n) is 3.64. The van der Waals surface area contributed by atoms with Gasteiger partial charge in [-0.25, -0.2) is 0 Å². The number of hydrogen-bond donors (Lipinski definition) is 1. The molecule has 1 amide bonds. The van der Waals surface area contributed by atoms with E-state index in [-0.39, 0.29) is 24.5 Å².